The van der Waals surface area contributed by atoms with E-state index in [2.05, 4.69) is 47.0 Å². The van der Waals surface area contributed by atoms with E-state index in [4.69, 9.17) is 0 Å². The summed E-state index contributed by atoms with van der Waals surface area (Å²) in [6, 6.07) is 2.23. The van der Waals surface area contributed by atoms with E-state index in [9.17, 15) is 0 Å². The molecule has 0 saturated carbocycles. The predicted octanol–water partition coefficient (Wildman–Crippen LogP) is 1.51. The number of nitrogens with one attached hydrogen (secondary N) is 1. The minimum absolute atomic E-state index is 0.818. The van der Waals surface area contributed by atoms with Crippen molar-refractivity contribution in [1.29, 1.82) is 0 Å². The van der Waals surface area contributed by atoms with E-state index in [1.165, 1.54) is 30.9 Å². The Bertz CT molecular complexity index is 372. The quantitative estimate of drug-likeness (QED) is 0.831. The summed E-state index contributed by atoms with van der Waals surface area (Å²) in [6.45, 7) is 9.83. The highest BCUT2D eigenvalue weighted by atomic mass is 15.3. The number of aryl methyl sites for hydroxylation is 2. The molecule has 1 N–H and O–H groups in total. The summed E-state index contributed by atoms with van der Waals surface area (Å²) in [5.74, 6) is 0.818. The zero-order chi connectivity index (χ0) is 13.0. The zero-order valence-electron chi connectivity index (χ0n) is 11.9. The predicted molar refractivity (Wildman–Crippen MR) is 74.6 cm³/mol. The summed E-state index contributed by atoms with van der Waals surface area (Å²) in [6.07, 6.45) is 2.35. The standard InChI is InChI=1S/C14H26N4/c1-4-13-8-14(18(5-2)16-13)10-15-9-12-6-7-17(3)11-12/h8,12,15H,4-7,9-11H2,1-3H3. The Balaban J connectivity index is 1.80. The van der Waals surface area contributed by atoms with Crippen LogP contribution in [0, 0.1) is 5.92 Å². The van der Waals surface area contributed by atoms with Gasteiger partial charge in [-0.3, -0.25) is 4.68 Å². The molecule has 0 aromatic carbocycles. The molecule has 0 aliphatic carbocycles. The van der Waals surface area contributed by atoms with Crippen LogP contribution in [-0.4, -0.2) is 41.4 Å². The first kappa shape index (κ1) is 13.6. The summed E-state index contributed by atoms with van der Waals surface area (Å²) >= 11 is 0. The average molecular weight is 250 g/mol. The lowest BCUT2D eigenvalue weighted by Crippen LogP contribution is -2.25. The molecule has 1 fully saturated rings. The maximum Gasteiger partial charge on any atom is 0.0625 e. The monoisotopic (exact) mass is 250 g/mol. The number of nitrogens with zero attached hydrogens (tertiary/aromatic N) is 3. The van der Waals surface area contributed by atoms with Crippen LogP contribution >= 0.6 is 0 Å². The topological polar surface area (TPSA) is 33.1 Å². The highest BCUT2D eigenvalue weighted by Crippen LogP contribution is 2.13. The molecule has 4 heteroatoms. The third-order valence-corrected chi connectivity index (χ3v) is 3.80. The third kappa shape index (κ3) is 3.33. The van der Waals surface area contributed by atoms with Crippen LogP contribution in [0.4, 0.5) is 0 Å². The van der Waals surface area contributed by atoms with Gasteiger partial charge in [-0.2, -0.15) is 5.10 Å². The van der Waals surface area contributed by atoms with E-state index in [1.54, 1.807) is 0 Å². The summed E-state index contributed by atoms with van der Waals surface area (Å²) in [5.41, 5.74) is 2.52. The normalized spacial score (nSPS) is 20.7. The molecule has 1 aliphatic rings. The lowest BCUT2D eigenvalue weighted by Gasteiger charge is -2.12. The van der Waals surface area contributed by atoms with Crippen molar-refractivity contribution in [3.8, 4) is 0 Å². The van der Waals surface area contributed by atoms with Crippen LogP contribution in [0.25, 0.3) is 0 Å². The molecule has 0 radical (unpaired) electrons. The second kappa shape index (κ2) is 6.34. The largest absolute Gasteiger partial charge is 0.311 e. The molecule has 0 amide bonds. The van der Waals surface area contributed by atoms with Gasteiger partial charge in [0.05, 0.1) is 11.4 Å². The lowest BCUT2D eigenvalue weighted by molar-refractivity contribution is 0.387. The van der Waals surface area contributed by atoms with Crippen molar-refractivity contribution in [2.45, 2.75) is 39.8 Å². The number of rotatable bonds is 6. The molecule has 1 unspecified atom stereocenters. The van der Waals surface area contributed by atoms with Crippen molar-refractivity contribution < 1.29 is 0 Å². The summed E-state index contributed by atoms with van der Waals surface area (Å²) < 4.78 is 2.12. The second-order valence-corrected chi connectivity index (χ2v) is 5.34. The first-order valence-corrected chi connectivity index (χ1v) is 7.17. The van der Waals surface area contributed by atoms with E-state index in [-0.39, 0.29) is 0 Å². The van der Waals surface area contributed by atoms with Gasteiger partial charge in [-0.15, -0.1) is 0 Å². The molecule has 2 rings (SSSR count). The molecular weight excluding hydrogens is 224 g/mol. The highest BCUT2D eigenvalue weighted by Gasteiger charge is 2.18. The molecular formula is C14H26N4. The van der Waals surface area contributed by atoms with Crippen LogP contribution in [0.15, 0.2) is 6.07 Å². The smallest absolute Gasteiger partial charge is 0.0625 e. The van der Waals surface area contributed by atoms with Gasteiger partial charge < -0.3 is 10.2 Å². The van der Waals surface area contributed by atoms with Crippen LogP contribution < -0.4 is 5.32 Å². The molecule has 1 aliphatic heterocycles. The molecule has 18 heavy (non-hydrogen) atoms. The van der Waals surface area contributed by atoms with Gasteiger partial charge in [0.2, 0.25) is 0 Å². The first-order valence-electron chi connectivity index (χ1n) is 7.17. The van der Waals surface area contributed by atoms with Crippen LogP contribution in [0.2, 0.25) is 0 Å². The molecule has 102 valence electrons. The summed E-state index contributed by atoms with van der Waals surface area (Å²) in [7, 11) is 2.21. The number of aromatic nitrogens is 2. The van der Waals surface area contributed by atoms with E-state index in [0.717, 1.165) is 32.0 Å². The second-order valence-electron chi connectivity index (χ2n) is 5.34. The van der Waals surface area contributed by atoms with Crippen molar-refractivity contribution in [1.82, 2.24) is 20.0 Å². The van der Waals surface area contributed by atoms with Gasteiger partial charge in [0.25, 0.3) is 0 Å². The molecule has 0 bridgehead atoms. The van der Waals surface area contributed by atoms with Gasteiger partial charge in [0, 0.05) is 19.6 Å². The lowest BCUT2D eigenvalue weighted by atomic mass is 10.1. The molecule has 1 saturated heterocycles. The van der Waals surface area contributed by atoms with Crippen molar-refractivity contribution in [3.63, 3.8) is 0 Å². The van der Waals surface area contributed by atoms with Crippen LogP contribution in [0.5, 0.6) is 0 Å². The van der Waals surface area contributed by atoms with Gasteiger partial charge in [-0.05, 0) is 51.9 Å². The fourth-order valence-corrected chi connectivity index (χ4v) is 2.70. The Morgan fingerprint density at radius 1 is 1.44 bits per heavy atom. The highest BCUT2D eigenvalue weighted by molar-refractivity contribution is 5.10. The third-order valence-electron chi connectivity index (χ3n) is 3.80. The van der Waals surface area contributed by atoms with Crippen LogP contribution in [-0.2, 0) is 19.5 Å². The zero-order valence-corrected chi connectivity index (χ0v) is 11.9. The molecule has 2 heterocycles. The molecule has 1 atom stereocenters. The minimum Gasteiger partial charge on any atom is -0.311 e. The Labute approximate surface area is 110 Å². The fourth-order valence-electron chi connectivity index (χ4n) is 2.70. The van der Waals surface area contributed by atoms with Gasteiger partial charge in [-0.25, -0.2) is 0 Å². The van der Waals surface area contributed by atoms with E-state index in [0.29, 0.717) is 0 Å². The Morgan fingerprint density at radius 3 is 2.89 bits per heavy atom. The number of hydrogen-bond acceptors (Lipinski definition) is 3. The average Bonchev–Trinajstić information content (AvgIpc) is 2.95. The van der Waals surface area contributed by atoms with E-state index < -0.39 is 0 Å². The molecule has 1 aromatic rings. The Kier molecular flexibility index (Phi) is 4.78. The van der Waals surface area contributed by atoms with E-state index in [1.807, 2.05) is 0 Å². The van der Waals surface area contributed by atoms with Gasteiger partial charge in [0.1, 0.15) is 0 Å². The van der Waals surface area contributed by atoms with Crippen LogP contribution in [0.1, 0.15) is 31.7 Å². The first-order chi connectivity index (χ1) is 8.72. The van der Waals surface area contributed by atoms with Crippen LogP contribution in [0.3, 0.4) is 0 Å². The van der Waals surface area contributed by atoms with Crippen molar-refractivity contribution in [2.75, 3.05) is 26.7 Å². The maximum absolute atomic E-state index is 4.58. The Morgan fingerprint density at radius 2 is 2.28 bits per heavy atom. The number of likely N-dealkylation sites (tertiary alicyclic amines) is 1. The molecule has 1 aromatic heterocycles. The SMILES string of the molecule is CCc1cc(CNCC2CCN(C)C2)n(CC)n1. The van der Waals surface area contributed by atoms with Gasteiger partial charge in [-0.1, -0.05) is 6.92 Å². The Hall–Kier alpha value is -0.870. The van der Waals surface area contributed by atoms with Gasteiger partial charge in [0.15, 0.2) is 0 Å². The fraction of sp³-hybridized carbons (Fsp3) is 0.786. The van der Waals surface area contributed by atoms with Crippen molar-refractivity contribution in [2.24, 2.45) is 5.92 Å². The van der Waals surface area contributed by atoms with E-state index >= 15 is 0 Å². The summed E-state index contributed by atoms with van der Waals surface area (Å²) in [4.78, 5) is 2.41. The summed E-state index contributed by atoms with van der Waals surface area (Å²) in [5, 5.41) is 8.17. The molecule has 0 spiro atoms. The molecule has 4 nitrogen and oxygen atoms in total. The van der Waals surface area contributed by atoms with Gasteiger partial charge >= 0.3 is 0 Å². The van der Waals surface area contributed by atoms with Crippen molar-refractivity contribution >= 4 is 0 Å². The van der Waals surface area contributed by atoms with Crippen molar-refractivity contribution in [3.05, 3.63) is 17.5 Å². The maximum atomic E-state index is 4.58. The number of hydrogen-bond donors (Lipinski definition) is 1. The minimum atomic E-state index is 0.818.